The summed E-state index contributed by atoms with van der Waals surface area (Å²) < 4.78 is 8.71. The van der Waals surface area contributed by atoms with Gasteiger partial charge in [-0.2, -0.15) is 4.98 Å². The molecule has 0 aliphatic carbocycles. The predicted molar refractivity (Wildman–Crippen MR) is 94.4 cm³/mol. The number of carbonyl (C=O) groups excluding carboxylic acids is 3. The highest BCUT2D eigenvalue weighted by atomic mass is 32.1. The van der Waals surface area contributed by atoms with Crippen molar-refractivity contribution in [2.45, 2.75) is 40.2 Å². The Kier molecular flexibility index (Phi) is 7.75. The largest absolute Gasteiger partial charge is 0.466 e. The number of nitrogens with one attached hydrogen (secondary N) is 2. The van der Waals surface area contributed by atoms with Gasteiger partial charge < -0.3 is 15.8 Å². The van der Waals surface area contributed by atoms with Gasteiger partial charge in [0.05, 0.1) is 13.2 Å². The molecule has 1 aromatic rings. The van der Waals surface area contributed by atoms with Crippen molar-refractivity contribution in [3.63, 3.8) is 0 Å². The predicted octanol–water partition coefficient (Wildman–Crippen LogP) is 1.41. The summed E-state index contributed by atoms with van der Waals surface area (Å²) in [5.74, 6) is -2.15. The minimum atomic E-state index is -0.953. The number of amides is 3. The van der Waals surface area contributed by atoms with Gasteiger partial charge in [0, 0.05) is 11.5 Å². The topological polar surface area (TPSA) is 136 Å². The molecule has 0 bridgehead atoms. The first kappa shape index (κ1) is 20.8. The van der Waals surface area contributed by atoms with E-state index in [0.29, 0.717) is 6.42 Å². The van der Waals surface area contributed by atoms with Crippen LogP contribution in [-0.4, -0.2) is 40.2 Å². The summed E-state index contributed by atoms with van der Waals surface area (Å²) in [5, 5.41) is 5.34. The van der Waals surface area contributed by atoms with Gasteiger partial charge in [-0.05, 0) is 18.3 Å². The van der Waals surface area contributed by atoms with Crippen LogP contribution in [0, 0.1) is 17.8 Å². The monoisotopic (exact) mass is 371 g/mol. The van der Waals surface area contributed by atoms with E-state index in [9.17, 15) is 14.4 Å². The van der Waals surface area contributed by atoms with Crippen molar-refractivity contribution in [3.8, 4) is 6.01 Å². The van der Waals surface area contributed by atoms with Gasteiger partial charge in [-0.3, -0.25) is 14.9 Å². The third kappa shape index (κ3) is 6.29. The fraction of sp³-hybridized carbons (Fsp3) is 0.667. The molecule has 10 heteroatoms. The summed E-state index contributed by atoms with van der Waals surface area (Å²) in [6.07, 6.45) is 0.391. The standard InChI is InChI=1S/C15H25N5O4S/c1-7(2)6-9(11(21)10(8(3)4)12(16)22)17-13(23)18-15-19-14(24-5)20-25-15/h7-10H,6H2,1-5H3,(H2,16,22)(H2,17,18,19,20,23)/t9-,10?/m0/s1. The highest BCUT2D eigenvalue weighted by molar-refractivity contribution is 7.10. The SMILES string of the molecule is COc1nsc(NC(=O)N[C@@H](CC(C)C)C(=O)C(C(N)=O)C(C)C)n1. The lowest BCUT2D eigenvalue weighted by Gasteiger charge is -2.25. The molecule has 1 heterocycles. The zero-order chi connectivity index (χ0) is 19.1. The van der Waals surface area contributed by atoms with E-state index in [1.807, 2.05) is 13.8 Å². The quantitative estimate of drug-likeness (QED) is 0.561. The number of nitrogens with zero attached hydrogens (tertiary/aromatic N) is 2. The number of carbonyl (C=O) groups is 3. The van der Waals surface area contributed by atoms with Gasteiger partial charge in [-0.25, -0.2) is 4.79 Å². The van der Waals surface area contributed by atoms with Crippen LogP contribution in [0.25, 0.3) is 0 Å². The number of anilines is 1. The molecule has 9 nitrogen and oxygen atoms in total. The van der Waals surface area contributed by atoms with Crippen molar-refractivity contribution in [3.05, 3.63) is 0 Å². The van der Waals surface area contributed by atoms with E-state index in [0.717, 1.165) is 11.5 Å². The van der Waals surface area contributed by atoms with Gasteiger partial charge in [-0.15, -0.1) is 4.37 Å². The Morgan fingerprint density at radius 2 is 1.88 bits per heavy atom. The Balaban J connectivity index is 2.85. The molecule has 0 aromatic carbocycles. The van der Waals surface area contributed by atoms with Crippen LogP contribution in [0.5, 0.6) is 6.01 Å². The number of ketones is 1. The second-order valence-corrected chi connectivity index (χ2v) is 7.15. The highest BCUT2D eigenvalue weighted by Crippen LogP contribution is 2.18. The zero-order valence-electron chi connectivity index (χ0n) is 15.0. The molecule has 1 unspecified atom stereocenters. The molecule has 0 radical (unpaired) electrons. The summed E-state index contributed by atoms with van der Waals surface area (Å²) in [6.45, 7) is 7.33. The van der Waals surface area contributed by atoms with Crippen molar-refractivity contribution in [2.75, 3.05) is 12.4 Å². The van der Waals surface area contributed by atoms with E-state index in [1.165, 1.54) is 7.11 Å². The van der Waals surface area contributed by atoms with E-state index in [-0.39, 0.29) is 28.8 Å². The van der Waals surface area contributed by atoms with Gasteiger partial charge in [0.15, 0.2) is 5.78 Å². The Labute approximate surface area is 150 Å². The second kappa shape index (κ2) is 9.30. The van der Waals surface area contributed by atoms with Gasteiger partial charge in [0.2, 0.25) is 11.0 Å². The van der Waals surface area contributed by atoms with Crippen molar-refractivity contribution < 1.29 is 19.1 Å². The normalized spacial score (nSPS) is 13.4. The molecule has 2 atom stereocenters. The Morgan fingerprint density at radius 1 is 1.24 bits per heavy atom. The zero-order valence-corrected chi connectivity index (χ0v) is 15.8. The minimum absolute atomic E-state index is 0.136. The molecule has 3 amide bonds. The summed E-state index contributed by atoms with van der Waals surface area (Å²) >= 11 is 0.951. The number of rotatable bonds is 9. The fourth-order valence-electron chi connectivity index (χ4n) is 2.37. The van der Waals surface area contributed by atoms with Crippen LogP contribution in [0.4, 0.5) is 9.93 Å². The molecule has 0 spiro atoms. The van der Waals surface area contributed by atoms with Crippen molar-refractivity contribution in [1.29, 1.82) is 0 Å². The average molecular weight is 371 g/mol. The lowest BCUT2D eigenvalue weighted by atomic mass is 9.85. The molecule has 0 aliphatic heterocycles. The fourth-order valence-corrected chi connectivity index (χ4v) is 2.90. The lowest BCUT2D eigenvalue weighted by Crippen LogP contribution is -2.49. The van der Waals surface area contributed by atoms with Crippen LogP contribution >= 0.6 is 11.5 Å². The molecular weight excluding hydrogens is 346 g/mol. The molecule has 25 heavy (non-hydrogen) atoms. The molecule has 0 saturated heterocycles. The number of aromatic nitrogens is 2. The van der Waals surface area contributed by atoms with Gasteiger partial charge >= 0.3 is 12.0 Å². The van der Waals surface area contributed by atoms with Crippen LogP contribution in [-0.2, 0) is 9.59 Å². The first-order chi connectivity index (χ1) is 11.6. The molecule has 0 saturated carbocycles. The number of nitrogens with two attached hydrogens (primary N) is 1. The number of hydrogen-bond acceptors (Lipinski definition) is 7. The van der Waals surface area contributed by atoms with E-state index in [2.05, 4.69) is 20.0 Å². The first-order valence-corrected chi connectivity index (χ1v) is 8.71. The molecule has 140 valence electrons. The maximum Gasteiger partial charge on any atom is 0.329 e. The Hall–Kier alpha value is -2.23. The summed E-state index contributed by atoms with van der Waals surface area (Å²) in [7, 11) is 1.42. The smallest absolute Gasteiger partial charge is 0.329 e. The molecular formula is C15H25N5O4S. The van der Waals surface area contributed by atoms with Crippen LogP contribution in [0.1, 0.15) is 34.1 Å². The number of ether oxygens (including phenoxy) is 1. The molecule has 1 rings (SSSR count). The summed E-state index contributed by atoms with van der Waals surface area (Å²) in [5.41, 5.74) is 5.36. The van der Waals surface area contributed by atoms with Crippen LogP contribution in [0.3, 0.4) is 0 Å². The van der Waals surface area contributed by atoms with Gasteiger partial charge in [0.1, 0.15) is 5.92 Å². The molecule has 4 N–H and O–H groups in total. The molecule has 0 aliphatic rings. The molecule has 1 aromatic heterocycles. The van der Waals surface area contributed by atoms with Gasteiger partial charge in [-0.1, -0.05) is 27.7 Å². The maximum absolute atomic E-state index is 12.7. The maximum atomic E-state index is 12.7. The van der Waals surface area contributed by atoms with Crippen LogP contribution < -0.4 is 21.1 Å². The lowest BCUT2D eigenvalue weighted by molar-refractivity contribution is -0.135. The molecule has 0 fully saturated rings. The average Bonchev–Trinajstić information content (AvgIpc) is 2.92. The van der Waals surface area contributed by atoms with Crippen molar-refractivity contribution >= 4 is 34.4 Å². The van der Waals surface area contributed by atoms with Crippen molar-refractivity contribution in [2.24, 2.45) is 23.5 Å². The highest BCUT2D eigenvalue weighted by Gasteiger charge is 2.34. The number of Topliss-reactive ketones (excluding diaryl/α,β-unsaturated/α-hetero) is 1. The summed E-state index contributed by atoms with van der Waals surface area (Å²) in [6, 6.07) is -1.29. The third-order valence-electron chi connectivity index (χ3n) is 3.45. The number of urea groups is 1. The van der Waals surface area contributed by atoms with E-state index >= 15 is 0 Å². The van der Waals surface area contributed by atoms with E-state index < -0.39 is 23.9 Å². The number of primary amides is 1. The van der Waals surface area contributed by atoms with Crippen LogP contribution in [0.15, 0.2) is 0 Å². The van der Waals surface area contributed by atoms with Crippen molar-refractivity contribution in [1.82, 2.24) is 14.7 Å². The number of methoxy groups -OCH3 is 1. The first-order valence-electron chi connectivity index (χ1n) is 7.93. The Morgan fingerprint density at radius 3 is 2.32 bits per heavy atom. The second-order valence-electron chi connectivity index (χ2n) is 6.39. The summed E-state index contributed by atoms with van der Waals surface area (Å²) in [4.78, 5) is 40.4. The van der Waals surface area contributed by atoms with E-state index in [4.69, 9.17) is 10.5 Å². The number of hydrogen-bond donors (Lipinski definition) is 3. The Bertz CT molecular complexity index is 617. The third-order valence-corrected chi connectivity index (χ3v) is 4.06. The minimum Gasteiger partial charge on any atom is -0.466 e. The van der Waals surface area contributed by atoms with Gasteiger partial charge in [0.25, 0.3) is 0 Å². The van der Waals surface area contributed by atoms with E-state index in [1.54, 1.807) is 13.8 Å². The van der Waals surface area contributed by atoms with Crippen LogP contribution in [0.2, 0.25) is 0 Å².